The Morgan fingerprint density at radius 2 is 2.15 bits per heavy atom. The van der Waals surface area contributed by atoms with Crippen molar-refractivity contribution in [3.63, 3.8) is 0 Å². The summed E-state index contributed by atoms with van der Waals surface area (Å²) in [5, 5.41) is 7.43. The Balaban J connectivity index is 1.62. The highest BCUT2D eigenvalue weighted by Gasteiger charge is 2.16. The molecule has 106 valence electrons. The van der Waals surface area contributed by atoms with Crippen LogP contribution in [0.5, 0.6) is 0 Å². The Bertz CT molecular complexity index is 543. The molecule has 0 aliphatic carbocycles. The van der Waals surface area contributed by atoms with Crippen molar-refractivity contribution >= 4 is 0 Å². The first-order valence-corrected chi connectivity index (χ1v) is 7.18. The number of rotatable bonds is 5. The van der Waals surface area contributed by atoms with Gasteiger partial charge in [-0.1, -0.05) is 29.4 Å². The largest absolute Gasteiger partial charge is 0.339 e. The molecule has 3 rings (SSSR count). The van der Waals surface area contributed by atoms with Crippen LogP contribution in [0.3, 0.4) is 0 Å². The highest BCUT2D eigenvalue weighted by atomic mass is 16.5. The summed E-state index contributed by atoms with van der Waals surface area (Å²) in [5.41, 5.74) is 7.66. The predicted octanol–water partition coefficient (Wildman–Crippen LogP) is 1.74. The van der Waals surface area contributed by atoms with Gasteiger partial charge in [0.2, 0.25) is 11.7 Å². The molecule has 1 unspecified atom stereocenters. The first-order chi connectivity index (χ1) is 9.85. The van der Waals surface area contributed by atoms with E-state index >= 15 is 0 Å². The molecule has 20 heavy (non-hydrogen) atoms. The molecule has 1 atom stereocenters. The molecule has 2 heterocycles. The van der Waals surface area contributed by atoms with Gasteiger partial charge in [-0.2, -0.15) is 4.98 Å². The van der Waals surface area contributed by atoms with Crippen molar-refractivity contribution in [1.82, 2.24) is 15.5 Å². The van der Waals surface area contributed by atoms with Gasteiger partial charge in [0.25, 0.3) is 0 Å². The van der Waals surface area contributed by atoms with Gasteiger partial charge in [-0.15, -0.1) is 0 Å². The van der Waals surface area contributed by atoms with Crippen molar-refractivity contribution in [3.8, 4) is 11.4 Å². The summed E-state index contributed by atoms with van der Waals surface area (Å²) in [7, 11) is 0. The van der Waals surface area contributed by atoms with Crippen molar-refractivity contribution in [2.75, 3.05) is 13.1 Å². The van der Waals surface area contributed by atoms with E-state index in [4.69, 9.17) is 10.3 Å². The molecule has 1 fully saturated rings. The molecule has 1 aliphatic heterocycles. The minimum absolute atomic E-state index is 0.549. The molecule has 0 spiro atoms. The molecule has 0 saturated carbocycles. The summed E-state index contributed by atoms with van der Waals surface area (Å²) >= 11 is 0. The lowest BCUT2D eigenvalue weighted by Gasteiger charge is -2.03. The van der Waals surface area contributed by atoms with Crippen molar-refractivity contribution in [2.45, 2.75) is 25.8 Å². The van der Waals surface area contributed by atoms with Gasteiger partial charge in [-0.3, -0.25) is 0 Å². The van der Waals surface area contributed by atoms with Gasteiger partial charge >= 0.3 is 0 Å². The van der Waals surface area contributed by atoms with Gasteiger partial charge in [0, 0.05) is 18.5 Å². The summed E-state index contributed by atoms with van der Waals surface area (Å²) in [6.45, 7) is 2.79. The molecule has 1 aromatic heterocycles. The maximum absolute atomic E-state index is 5.59. The third kappa shape index (κ3) is 3.05. The fourth-order valence-corrected chi connectivity index (χ4v) is 2.55. The Kier molecular flexibility index (Phi) is 4.08. The van der Waals surface area contributed by atoms with E-state index in [0.717, 1.165) is 48.9 Å². The van der Waals surface area contributed by atoms with E-state index in [-0.39, 0.29) is 0 Å². The summed E-state index contributed by atoms with van der Waals surface area (Å²) in [4.78, 5) is 4.47. The van der Waals surface area contributed by atoms with Crippen molar-refractivity contribution < 1.29 is 4.52 Å². The van der Waals surface area contributed by atoms with E-state index in [1.54, 1.807) is 0 Å². The molecule has 1 aromatic carbocycles. The van der Waals surface area contributed by atoms with Crippen LogP contribution in [0.4, 0.5) is 0 Å². The van der Waals surface area contributed by atoms with Crippen molar-refractivity contribution in [2.24, 2.45) is 11.7 Å². The van der Waals surface area contributed by atoms with Crippen LogP contribution in [0.2, 0.25) is 0 Å². The molecule has 1 aliphatic rings. The fourth-order valence-electron chi connectivity index (χ4n) is 2.55. The topological polar surface area (TPSA) is 77.0 Å². The van der Waals surface area contributed by atoms with Crippen LogP contribution in [-0.4, -0.2) is 23.2 Å². The molecule has 3 N–H and O–H groups in total. The van der Waals surface area contributed by atoms with E-state index in [0.29, 0.717) is 12.4 Å². The highest BCUT2D eigenvalue weighted by molar-refractivity contribution is 5.54. The Morgan fingerprint density at radius 1 is 1.30 bits per heavy atom. The number of aryl methyl sites for hydroxylation is 1. The summed E-state index contributed by atoms with van der Waals surface area (Å²) in [6, 6.07) is 7.96. The van der Waals surface area contributed by atoms with Crippen LogP contribution in [0, 0.1) is 5.92 Å². The molecule has 5 heteroatoms. The minimum atomic E-state index is 0.549. The van der Waals surface area contributed by atoms with Crippen LogP contribution in [0.15, 0.2) is 28.8 Å². The van der Waals surface area contributed by atoms with Crippen molar-refractivity contribution in [1.29, 1.82) is 0 Å². The predicted molar refractivity (Wildman–Crippen MR) is 76.9 cm³/mol. The lowest BCUT2D eigenvalue weighted by atomic mass is 10.0. The number of hydrogen-bond acceptors (Lipinski definition) is 5. The second-order valence-electron chi connectivity index (χ2n) is 5.31. The van der Waals surface area contributed by atoms with Gasteiger partial charge in [0.15, 0.2) is 0 Å². The lowest BCUT2D eigenvalue weighted by molar-refractivity contribution is 0.365. The fraction of sp³-hybridized carbons (Fsp3) is 0.467. The molecule has 5 nitrogen and oxygen atoms in total. The Hall–Kier alpha value is -1.72. The normalized spacial score (nSPS) is 18.6. The minimum Gasteiger partial charge on any atom is -0.339 e. The lowest BCUT2D eigenvalue weighted by Crippen LogP contribution is -2.09. The van der Waals surface area contributed by atoms with Gasteiger partial charge in [0.05, 0.1) is 0 Å². The molecule has 0 amide bonds. The highest BCUT2D eigenvalue weighted by Crippen LogP contribution is 2.19. The average Bonchev–Trinajstić information content (AvgIpc) is 3.17. The Morgan fingerprint density at radius 3 is 2.85 bits per heavy atom. The second-order valence-corrected chi connectivity index (χ2v) is 5.31. The molecule has 1 saturated heterocycles. The van der Waals surface area contributed by atoms with Gasteiger partial charge in [-0.05, 0) is 37.4 Å². The SMILES string of the molecule is NCc1ccc(-c2noc(CCC3CCNC3)n2)cc1. The summed E-state index contributed by atoms with van der Waals surface area (Å²) < 4.78 is 5.33. The quantitative estimate of drug-likeness (QED) is 0.867. The van der Waals surface area contributed by atoms with E-state index < -0.39 is 0 Å². The molecular formula is C15H20N4O. The second kappa shape index (κ2) is 6.15. The number of benzene rings is 1. The van der Waals surface area contributed by atoms with Crippen LogP contribution in [-0.2, 0) is 13.0 Å². The zero-order valence-corrected chi connectivity index (χ0v) is 11.5. The van der Waals surface area contributed by atoms with E-state index in [2.05, 4.69) is 15.5 Å². The molecule has 0 bridgehead atoms. The molecular weight excluding hydrogens is 252 g/mol. The molecule has 2 aromatic rings. The third-order valence-corrected chi connectivity index (χ3v) is 3.84. The zero-order chi connectivity index (χ0) is 13.8. The molecule has 0 radical (unpaired) electrons. The van der Waals surface area contributed by atoms with Gasteiger partial charge in [-0.25, -0.2) is 0 Å². The summed E-state index contributed by atoms with van der Waals surface area (Å²) in [5.74, 6) is 2.14. The monoisotopic (exact) mass is 272 g/mol. The summed E-state index contributed by atoms with van der Waals surface area (Å²) in [6.07, 6.45) is 3.22. The van der Waals surface area contributed by atoms with Crippen LogP contribution in [0.25, 0.3) is 11.4 Å². The Labute approximate surface area is 118 Å². The number of hydrogen-bond donors (Lipinski definition) is 2. The first-order valence-electron chi connectivity index (χ1n) is 7.18. The van der Waals surface area contributed by atoms with Crippen LogP contribution in [0.1, 0.15) is 24.3 Å². The van der Waals surface area contributed by atoms with Gasteiger partial charge < -0.3 is 15.6 Å². The number of nitrogens with one attached hydrogen (secondary N) is 1. The van der Waals surface area contributed by atoms with E-state index in [1.165, 1.54) is 6.42 Å². The number of nitrogens with zero attached hydrogens (tertiary/aromatic N) is 2. The van der Waals surface area contributed by atoms with Crippen molar-refractivity contribution in [3.05, 3.63) is 35.7 Å². The maximum atomic E-state index is 5.59. The smallest absolute Gasteiger partial charge is 0.226 e. The average molecular weight is 272 g/mol. The third-order valence-electron chi connectivity index (χ3n) is 3.84. The zero-order valence-electron chi connectivity index (χ0n) is 11.5. The number of nitrogens with two attached hydrogens (primary N) is 1. The standard InChI is InChI=1S/C15H20N4O/c16-9-11-1-4-13(5-2-11)15-18-14(20-19-15)6-3-12-7-8-17-10-12/h1-2,4-5,12,17H,3,6-10,16H2. The van der Waals surface area contributed by atoms with Gasteiger partial charge in [0.1, 0.15) is 0 Å². The van der Waals surface area contributed by atoms with E-state index in [1.807, 2.05) is 24.3 Å². The first kappa shape index (κ1) is 13.3. The maximum Gasteiger partial charge on any atom is 0.226 e. The van der Waals surface area contributed by atoms with Crippen LogP contribution >= 0.6 is 0 Å². The number of aromatic nitrogens is 2. The van der Waals surface area contributed by atoms with E-state index in [9.17, 15) is 0 Å². The van der Waals surface area contributed by atoms with Crippen LogP contribution < -0.4 is 11.1 Å².